The molecule has 0 aromatic carbocycles. The van der Waals surface area contributed by atoms with Gasteiger partial charge in [0.15, 0.2) is 0 Å². The van der Waals surface area contributed by atoms with Crippen LogP contribution in [-0.4, -0.2) is 22.6 Å². The molecule has 4 nitrogen and oxygen atoms in total. The Balaban J connectivity index is -0.000000607. The molecular formula is C24H48KLiO4. The van der Waals surface area contributed by atoms with E-state index in [1.54, 1.807) is 0 Å². The summed E-state index contributed by atoms with van der Waals surface area (Å²) < 4.78 is 5.62. The maximum Gasteiger partial charge on any atom is 1.00 e. The second-order valence-electron chi connectivity index (χ2n) is 8.59. The molecule has 0 rings (SSSR count). The third kappa shape index (κ3) is 23.8. The molecule has 0 heterocycles. The van der Waals surface area contributed by atoms with Gasteiger partial charge in [0.2, 0.25) is 0 Å². The van der Waals surface area contributed by atoms with Crippen LogP contribution in [0, 0.1) is 0 Å². The van der Waals surface area contributed by atoms with Crippen molar-refractivity contribution in [2.24, 2.45) is 0 Å². The van der Waals surface area contributed by atoms with Crippen LogP contribution in [0.2, 0.25) is 0 Å². The van der Waals surface area contributed by atoms with Gasteiger partial charge in [-0.15, -0.1) is 0 Å². The summed E-state index contributed by atoms with van der Waals surface area (Å²) in [5.74, 6) is -1.72. The van der Waals surface area contributed by atoms with Crippen molar-refractivity contribution in [1.29, 1.82) is 0 Å². The summed E-state index contributed by atoms with van der Waals surface area (Å²) in [6, 6.07) is 0. The van der Waals surface area contributed by atoms with Crippen molar-refractivity contribution in [3.63, 3.8) is 0 Å². The van der Waals surface area contributed by atoms with E-state index in [4.69, 9.17) is 9.84 Å². The number of carbonyl (C=O) groups excluding carboxylic acids is 1. The van der Waals surface area contributed by atoms with Crippen LogP contribution in [-0.2, 0) is 14.3 Å². The summed E-state index contributed by atoms with van der Waals surface area (Å²) in [5, 5.41) is 8.82. The fourth-order valence-electron chi connectivity index (χ4n) is 3.75. The minimum atomic E-state index is -1.12. The van der Waals surface area contributed by atoms with Crippen molar-refractivity contribution < 1.29 is 92.5 Å². The average molecular weight is 447 g/mol. The molecule has 0 aliphatic carbocycles. The number of rotatable bonds is 20. The zero-order valence-electron chi connectivity index (χ0n) is 22.9. The molecule has 0 aromatic rings. The van der Waals surface area contributed by atoms with E-state index in [1.807, 2.05) is 6.92 Å². The number of carbonyl (C=O) groups is 2. The van der Waals surface area contributed by atoms with Gasteiger partial charge in [-0.25, -0.2) is 0 Å². The number of hydrogen-bond acceptors (Lipinski definition) is 3. The Bertz CT molecular complexity index is 417. The number of aliphatic carboxylic acids is 1. The number of hydrogen-bond donors (Lipinski definition) is 1. The third-order valence-corrected chi connectivity index (χ3v) is 5.52. The molecule has 1 atom stereocenters. The summed E-state index contributed by atoms with van der Waals surface area (Å²) in [6.45, 7) is 6.43. The first kappa shape index (κ1) is 35.8. The van der Waals surface area contributed by atoms with Gasteiger partial charge < -0.3 is 12.7 Å². The Morgan fingerprint density at radius 2 is 1.07 bits per heavy atom. The Morgan fingerprint density at radius 3 is 1.40 bits per heavy atom. The Hall–Kier alpha value is 1.17. The summed E-state index contributed by atoms with van der Waals surface area (Å²) in [4.78, 5) is 22.7. The van der Waals surface area contributed by atoms with Gasteiger partial charge in [0.25, 0.3) is 0 Å². The first-order valence-electron chi connectivity index (χ1n) is 11.9. The van der Waals surface area contributed by atoms with Crippen molar-refractivity contribution in [1.82, 2.24) is 0 Å². The standard InChI is InChI=1S/C24H46O4.K.Li.2H/c1-4-6-8-10-11-12-13-14-16-18-20-24(3,19-17-15-9-7-5-2)28-23(27)21-22(25)26;;;;/h4-21H2,1-3H3,(H,25,26);;;;/q;2*+1;2*-1. The van der Waals surface area contributed by atoms with Gasteiger partial charge >= 0.3 is 82.2 Å². The maximum atomic E-state index is 11.9. The van der Waals surface area contributed by atoms with Crippen molar-refractivity contribution in [2.45, 2.75) is 142 Å². The fourth-order valence-corrected chi connectivity index (χ4v) is 3.75. The smallest absolute Gasteiger partial charge is 1.00 e. The van der Waals surface area contributed by atoms with Gasteiger partial charge in [0.05, 0.1) is 0 Å². The van der Waals surface area contributed by atoms with Crippen LogP contribution in [0.5, 0.6) is 0 Å². The molecule has 0 aliphatic rings. The summed E-state index contributed by atoms with van der Waals surface area (Å²) >= 11 is 0. The third-order valence-electron chi connectivity index (χ3n) is 5.52. The van der Waals surface area contributed by atoms with E-state index >= 15 is 0 Å². The second kappa shape index (κ2) is 24.8. The van der Waals surface area contributed by atoms with Crippen LogP contribution in [0.25, 0.3) is 0 Å². The number of esters is 1. The molecule has 0 bridgehead atoms. The van der Waals surface area contributed by atoms with Gasteiger partial charge in [-0.3, -0.25) is 9.59 Å². The van der Waals surface area contributed by atoms with E-state index in [0.29, 0.717) is 0 Å². The molecular weight excluding hydrogens is 398 g/mol. The van der Waals surface area contributed by atoms with E-state index in [1.165, 1.54) is 70.6 Å². The van der Waals surface area contributed by atoms with Crippen molar-refractivity contribution >= 4 is 11.9 Å². The fraction of sp³-hybridized carbons (Fsp3) is 0.917. The number of carboxylic acid groups (broad SMARTS) is 1. The van der Waals surface area contributed by atoms with Crippen LogP contribution in [0.15, 0.2) is 0 Å². The van der Waals surface area contributed by atoms with E-state index in [0.717, 1.165) is 38.5 Å². The van der Waals surface area contributed by atoms with Crippen LogP contribution in [0.4, 0.5) is 0 Å². The molecule has 6 heteroatoms. The average Bonchev–Trinajstić information content (AvgIpc) is 2.62. The summed E-state index contributed by atoms with van der Waals surface area (Å²) in [5.41, 5.74) is -0.515. The Kier molecular flexibility index (Phi) is 29.6. The van der Waals surface area contributed by atoms with Gasteiger partial charge in [-0.2, -0.15) is 0 Å². The van der Waals surface area contributed by atoms with Crippen LogP contribution in [0.1, 0.15) is 139 Å². The predicted molar refractivity (Wildman–Crippen MR) is 119 cm³/mol. The first-order chi connectivity index (χ1) is 13.4. The zero-order valence-corrected chi connectivity index (χ0v) is 24.0. The van der Waals surface area contributed by atoms with E-state index < -0.39 is 24.0 Å². The molecule has 0 radical (unpaired) electrons. The van der Waals surface area contributed by atoms with Gasteiger partial charge in [0.1, 0.15) is 12.0 Å². The van der Waals surface area contributed by atoms with Crippen LogP contribution < -0.4 is 70.2 Å². The maximum absolute atomic E-state index is 11.9. The topological polar surface area (TPSA) is 63.6 Å². The molecule has 0 saturated heterocycles. The first-order valence-corrected chi connectivity index (χ1v) is 11.9. The summed E-state index contributed by atoms with van der Waals surface area (Å²) in [7, 11) is 0. The number of unbranched alkanes of at least 4 members (excludes halogenated alkanes) is 13. The molecule has 0 spiro atoms. The van der Waals surface area contributed by atoms with Crippen molar-refractivity contribution in [2.75, 3.05) is 0 Å². The largest absolute Gasteiger partial charge is 1.00 e. The Labute approximate surface area is 244 Å². The molecule has 1 unspecified atom stereocenters. The molecule has 0 fully saturated rings. The van der Waals surface area contributed by atoms with E-state index in [2.05, 4.69) is 13.8 Å². The van der Waals surface area contributed by atoms with Gasteiger partial charge in [-0.1, -0.05) is 97.3 Å². The normalized spacial score (nSPS) is 12.4. The SMILES string of the molecule is CCCCCCCCCCCCC(C)(CCCCCCC)OC(=O)CC(=O)O.[H-].[H-].[K+].[Li+]. The minimum absolute atomic E-state index is 0. The molecule has 0 amide bonds. The van der Waals surface area contributed by atoms with Crippen LogP contribution >= 0.6 is 0 Å². The quantitative estimate of drug-likeness (QED) is 0.134. The van der Waals surface area contributed by atoms with Gasteiger partial charge in [0, 0.05) is 0 Å². The molecule has 0 saturated carbocycles. The number of ether oxygens (including phenoxy) is 1. The molecule has 1 N–H and O–H groups in total. The van der Waals surface area contributed by atoms with Gasteiger partial charge in [-0.05, 0) is 32.6 Å². The molecule has 170 valence electrons. The summed E-state index contributed by atoms with van der Waals surface area (Å²) in [6.07, 6.45) is 19.8. The Morgan fingerprint density at radius 1 is 0.733 bits per heavy atom. The van der Waals surface area contributed by atoms with Crippen LogP contribution in [0.3, 0.4) is 0 Å². The molecule has 0 aromatic heterocycles. The number of carboxylic acids is 1. The van der Waals surface area contributed by atoms with E-state index in [-0.39, 0.29) is 73.1 Å². The second-order valence-corrected chi connectivity index (χ2v) is 8.59. The monoisotopic (exact) mass is 446 g/mol. The molecule has 0 aliphatic heterocycles. The zero-order chi connectivity index (χ0) is 21.1. The van der Waals surface area contributed by atoms with E-state index in [9.17, 15) is 9.59 Å². The molecule has 30 heavy (non-hydrogen) atoms. The minimum Gasteiger partial charge on any atom is -1.00 e. The predicted octanol–water partition coefficient (Wildman–Crippen LogP) is 1.67. The van der Waals surface area contributed by atoms with Crippen molar-refractivity contribution in [3.05, 3.63) is 0 Å². The van der Waals surface area contributed by atoms with Crippen molar-refractivity contribution in [3.8, 4) is 0 Å².